The van der Waals surface area contributed by atoms with E-state index in [9.17, 15) is 14.3 Å². The van der Waals surface area contributed by atoms with Crippen LogP contribution in [-0.2, 0) is 27.9 Å². The Balaban J connectivity index is 4.15. The molecule has 0 aliphatic carbocycles. The number of quaternary nitrogens is 1. The number of ether oxygens (including phenoxy) is 2. The summed E-state index contributed by atoms with van der Waals surface area (Å²) >= 11 is 0. The maximum atomic E-state index is 12.6. The molecule has 2 atom stereocenters. The highest BCUT2D eigenvalue weighted by Crippen LogP contribution is 2.38. The van der Waals surface area contributed by atoms with Gasteiger partial charge in [-0.15, -0.1) is 0 Å². The maximum Gasteiger partial charge on any atom is 0.306 e. The molecule has 0 aliphatic rings. The van der Waals surface area contributed by atoms with Gasteiger partial charge in [-0.2, -0.15) is 0 Å². The number of rotatable bonds is 42. The first-order valence-electron chi connectivity index (χ1n) is 23.0. The molecule has 0 aromatic rings. The van der Waals surface area contributed by atoms with Crippen LogP contribution in [0.5, 0.6) is 0 Å². The molecule has 0 bridgehead atoms. The Kier molecular flexibility index (Phi) is 39.7. The van der Waals surface area contributed by atoms with E-state index in [1.807, 2.05) is 21.1 Å². The van der Waals surface area contributed by atoms with Crippen molar-refractivity contribution < 1.29 is 37.3 Å². The molecule has 0 saturated carbocycles. The number of nitrogens with zero attached hydrogens (tertiary/aromatic N) is 1. The number of phosphoric ester groups is 1. The van der Waals surface area contributed by atoms with E-state index >= 15 is 0 Å². The molecule has 0 aliphatic heterocycles. The minimum absolute atomic E-state index is 0.0230. The number of esters is 1. The third-order valence-corrected chi connectivity index (χ3v) is 10.5. The zero-order valence-corrected chi connectivity index (χ0v) is 38.4. The van der Waals surface area contributed by atoms with Crippen molar-refractivity contribution in [2.24, 2.45) is 0 Å². The predicted octanol–water partition coefficient (Wildman–Crippen LogP) is 13.1. The summed E-state index contributed by atoms with van der Waals surface area (Å²) in [7, 11) is 1.35. The van der Waals surface area contributed by atoms with Gasteiger partial charge in [-0.3, -0.25) is 9.36 Å². The summed E-state index contributed by atoms with van der Waals surface area (Å²) in [5, 5.41) is 0. The highest BCUT2D eigenvalue weighted by Gasteiger charge is 2.20. The third-order valence-electron chi connectivity index (χ3n) is 9.58. The Hall–Kier alpha value is -1.80. The molecule has 2 unspecified atom stereocenters. The van der Waals surface area contributed by atoms with Crippen LogP contribution in [0.4, 0.5) is 0 Å². The minimum atomic E-state index is -4.53. The molecule has 0 spiro atoms. The number of hydrogen-bond acceptors (Lipinski definition) is 7. The number of phosphoric acid groups is 1. The lowest BCUT2D eigenvalue weighted by molar-refractivity contribution is -0.870. The highest BCUT2D eigenvalue weighted by molar-refractivity contribution is 7.45. The molecule has 9 heteroatoms. The van der Waals surface area contributed by atoms with E-state index in [2.05, 4.69) is 74.6 Å². The molecule has 0 heterocycles. The van der Waals surface area contributed by atoms with E-state index < -0.39 is 13.9 Å². The lowest BCUT2D eigenvalue weighted by Crippen LogP contribution is -2.37. The molecular formula is C48H88NO7P. The normalized spacial score (nSPS) is 14.3. The monoisotopic (exact) mass is 822 g/mol. The lowest BCUT2D eigenvalue weighted by atomic mass is 10.1. The van der Waals surface area contributed by atoms with Crippen LogP contribution in [0.2, 0.25) is 0 Å². The van der Waals surface area contributed by atoms with Gasteiger partial charge in [-0.05, 0) is 57.8 Å². The van der Waals surface area contributed by atoms with Gasteiger partial charge < -0.3 is 27.9 Å². The van der Waals surface area contributed by atoms with E-state index in [1.54, 1.807) is 0 Å². The Labute approximate surface area is 351 Å². The van der Waals surface area contributed by atoms with Crippen molar-refractivity contribution in [3.05, 3.63) is 60.8 Å². The molecule has 332 valence electrons. The summed E-state index contributed by atoms with van der Waals surface area (Å²) < 4.78 is 34.6. The van der Waals surface area contributed by atoms with Crippen molar-refractivity contribution in [1.82, 2.24) is 0 Å². The van der Waals surface area contributed by atoms with Crippen LogP contribution in [0.3, 0.4) is 0 Å². The average Bonchev–Trinajstić information content (AvgIpc) is 3.16. The highest BCUT2D eigenvalue weighted by atomic mass is 31.2. The molecule has 57 heavy (non-hydrogen) atoms. The summed E-state index contributed by atoms with van der Waals surface area (Å²) in [5.74, 6) is -0.340. The second kappa shape index (κ2) is 41.0. The van der Waals surface area contributed by atoms with Gasteiger partial charge in [0.2, 0.25) is 0 Å². The molecule has 0 aromatic heterocycles. The van der Waals surface area contributed by atoms with Crippen LogP contribution >= 0.6 is 7.82 Å². The first kappa shape index (κ1) is 55.2. The number of likely N-dealkylation sites (N-methyl/N-ethyl adjacent to an activating group) is 1. The molecular weight excluding hydrogens is 734 g/mol. The second-order valence-electron chi connectivity index (χ2n) is 16.4. The topological polar surface area (TPSA) is 94.1 Å². The third kappa shape index (κ3) is 45.1. The number of allylic oxidation sites excluding steroid dienone is 10. The summed E-state index contributed by atoms with van der Waals surface area (Å²) in [6.45, 7) is 5.27. The molecule has 0 radical (unpaired) electrons. The van der Waals surface area contributed by atoms with Gasteiger partial charge in [0.1, 0.15) is 19.3 Å². The molecule has 0 rings (SSSR count). The van der Waals surface area contributed by atoms with Crippen molar-refractivity contribution in [1.29, 1.82) is 0 Å². The van der Waals surface area contributed by atoms with Gasteiger partial charge in [0.25, 0.3) is 7.82 Å². The molecule has 0 aromatic carbocycles. The van der Waals surface area contributed by atoms with Gasteiger partial charge in [0.15, 0.2) is 0 Å². The Bertz CT molecular complexity index is 1090. The van der Waals surface area contributed by atoms with E-state index in [1.165, 1.54) is 89.9 Å². The van der Waals surface area contributed by atoms with E-state index in [-0.39, 0.29) is 25.8 Å². The van der Waals surface area contributed by atoms with Crippen molar-refractivity contribution in [3.8, 4) is 0 Å². The lowest BCUT2D eigenvalue weighted by Gasteiger charge is -2.28. The van der Waals surface area contributed by atoms with Crippen LogP contribution in [-0.4, -0.2) is 70.7 Å². The number of hydrogen-bond donors (Lipinski definition) is 0. The summed E-state index contributed by atoms with van der Waals surface area (Å²) in [5.41, 5.74) is 0. The molecule has 8 nitrogen and oxygen atoms in total. The van der Waals surface area contributed by atoms with Gasteiger partial charge in [-0.1, -0.05) is 177 Å². The molecule has 0 saturated heterocycles. The fraction of sp³-hybridized carbons (Fsp3) is 0.771. The smallest absolute Gasteiger partial charge is 0.306 e. The van der Waals surface area contributed by atoms with Crippen LogP contribution < -0.4 is 4.89 Å². The Morgan fingerprint density at radius 3 is 1.53 bits per heavy atom. The molecule has 0 fully saturated rings. The van der Waals surface area contributed by atoms with E-state index in [0.717, 1.165) is 70.6 Å². The van der Waals surface area contributed by atoms with E-state index in [0.29, 0.717) is 24.1 Å². The summed E-state index contributed by atoms with van der Waals surface area (Å²) in [6, 6.07) is 0. The van der Waals surface area contributed by atoms with E-state index in [4.69, 9.17) is 18.5 Å². The van der Waals surface area contributed by atoms with Gasteiger partial charge in [-0.25, -0.2) is 0 Å². The fourth-order valence-corrected chi connectivity index (χ4v) is 6.77. The summed E-state index contributed by atoms with van der Waals surface area (Å²) in [4.78, 5) is 25.0. The molecule has 0 N–H and O–H groups in total. The van der Waals surface area contributed by atoms with Gasteiger partial charge >= 0.3 is 5.97 Å². The zero-order chi connectivity index (χ0) is 42.0. The average molecular weight is 822 g/mol. The van der Waals surface area contributed by atoms with Crippen molar-refractivity contribution in [3.63, 3.8) is 0 Å². The fourth-order valence-electron chi connectivity index (χ4n) is 6.04. The quantitative estimate of drug-likeness (QED) is 0.0199. The number of unbranched alkanes of at least 4 members (excludes halogenated alkanes) is 18. The van der Waals surface area contributed by atoms with Crippen molar-refractivity contribution in [2.75, 3.05) is 54.1 Å². The number of carbonyl (C=O) groups is 1. The first-order chi connectivity index (χ1) is 27.6. The van der Waals surface area contributed by atoms with Crippen LogP contribution in [0, 0.1) is 0 Å². The van der Waals surface area contributed by atoms with Crippen molar-refractivity contribution >= 4 is 13.8 Å². The maximum absolute atomic E-state index is 12.6. The first-order valence-corrected chi connectivity index (χ1v) is 24.5. The zero-order valence-electron chi connectivity index (χ0n) is 37.5. The Morgan fingerprint density at radius 2 is 1.02 bits per heavy atom. The van der Waals surface area contributed by atoms with Gasteiger partial charge in [0.05, 0.1) is 34.4 Å². The standard InChI is InChI=1S/C48H88NO7P/c1-6-8-10-12-14-16-18-19-20-21-22-23-24-25-26-27-28-29-30-32-34-36-38-40-43-53-45-47(46-55-57(51,52)54-44-42-49(3,4)5)56-48(50)41-39-37-35-33-31-17-15-13-11-9-7-2/h8,10,14,16,19-20,22-23,25-26,47H,6-7,9,11-13,15,17-18,21,24,27-46H2,1-5H3/b10-8-,16-14-,20-19-,23-22-,26-25-. The van der Waals surface area contributed by atoms with Crippen molar-refractivity contribution in [2.45, 2.75) is 187 Å². The SMILES string of the molecule is CC/C=C\C/C=C\C/C=C\C/C=C\C/C=C\CCCCCCCCCCOCC(COP(=O)([O-])OCC[N+](C)(C)C)OC(=O)CCCCCCCCCCCCC. The summed E-state index contributed by atoms with van der Waals surface area (Å²) in [6.07, 6.45) is 50.9. The van der Waals surface area contributed by atoms with Crippen LogP contribution in [0.15, 0.2) is 60.8 Å². The number of carbonyl (C=O) groups excluding carboxylic acids is 1. The second-order valence-corrected chi connectivity index (χ2v) is 17.8. The van der Waals surface area contributed by atoms with Crippen LogP contribution in [0.25, 0.3) is 0 Å². The predicted molar refractivity (Wildman–Crippen MR) is 240 cm³/mol. The minimum Gasteiger partial charge on any atom is -0.756 e. The largest absolute Gasteiger partial charge is 0.756 e. The van der Waals surface area contributed by atoms with Crippen LogP contribution in [0.1, 0.15) is 181 Å². The molecule has 0 amide bonds. The Morgan fingerprint density at radius 1 is 0.561 bits per heavy atom. The van der Waals surface area contributed by atoms with Gasteiger partial charge in [0, 0.05) is 13.0 Å².